The molecule has 0 bridgehead atoms. The minimum absolute atomic E-state index is 0.0712. The Labute approximate surface area is 750 Å². The summed E-state index contributed by atoms with van der Waals surface area (Å²) in [4.78, 5) is 229. The van der Waals surface area contributed by atoms with Gasteiger partial charge < -0.3 is 75.4 Å². The molecule has 4 aromatic carbocycles. The molecule has 3 aliphatic heterocycles. The third-order valence-corrected chi connectivity index (χ3v) is 24.2. The van der Waals surface area contributed by atoms with Crippen molar-refractivity contribution in [1.29, 1.82) is 0 Å². The van der Waals surface area contributed by atoms with Gasteiger partial charge in [0.2, 0.25) is 17.7 Å². The lowest BCUT2D eigenvalue weighted by Crippen LogP contribution is -2.53. The lowest BCUT2D eigenvalue weighted by atomic mass is 9.86. The molecule has 3 heterocycles. The van der Waals surface area contributed by atoms with Gasteiger partial charge in [-0.2, -0.15) is 0 Å². The predicted octanol–water partition coefficient (Wildman–Crippen LogP) is -0.0782. The van der Waals surface area contributed by atoms with E-state index < -0.39 is 107 Å². The molecule has 6 amide bonds. The quantitative estimate of drug-likeness (QED) is 0.0301. The number of amides is 6. The van der Waals surface area contributed by atoms with Crippen molar-refractivity contribution in [3.8, 4) is 0 Å². The van der Waals surface area contributed by atoms with Gasteiger partial charge in [-0.3, -0.25) is 131 Å². The van der Waals surface area contributed by atoms with E-state index in [9.17, 15) is 103 Å². The zero-order chi connectivity index (χ0) is 95.5. The molecule has 0 aromatic heterocycles. The third kappa shape index (κ3) is 30.8. The number of aliphatic carboxylic acids is 9. The van der Waals surface area contributed by atoms with Crippen LogP contribution in [-0.2, 0) is 57.5 Å². The first kappa shape index (κ1) is 105. The van der Waals surface area contributed by atoms with E-state index in [0.717, 1.165) is 0 Å². The van der Waals surface area contributed by atoms with Crippen molar-refractivity contribution in [2.24, 2.45) is 0 Å². The Kier molecular flexibility index (Phi) is 39.9. The molecule has 0 saturated carbocycles. The standard InChI is InChI=1S/C87H126N18O24/c1-58-79(85(127)91(10)67-19-13-16-64(46-67)88(7)82(124)61(4)103-40-34-97(52-73(112)113)28-22-94(49-70(106)107)23-29-98(35-41-103)53-74(114)115)59(2)81(87(129)93(12)69-21-15-18-66(48-69)90(9)84(126)63(6)105-44-38-101(56-77(120)121)32-26-96(51-72(110)111)27-33-102(39-45-105)57-78(122)123)60(3)80(58)86(128)92(11)68-20-14-17-65(47-68)89(8)83(125)62(5)104-42-36-99(54-75(116)117)30-24-95(50-71(108)109)25-31-100(37-43-104)55-76(118)119/h13-21,46-48,61-63H,22-45,49-57H2,1-12H3,(H,106,107)(H,108,109)(H,110,111)(H,112,113)(H,114,115)(H,116,117)(H,118,119)(H,120,121)(H,122,123). The van der Waals surface area contributed by atoms with Crippen LogP contribution in [0.2, 0.25) is 0 Å². The van der Waals surface area contributed by atoms with E-state index in [0.29, 0.717) is 17.1 Å². The Morgan fingerprint density at radius 1 is 0.240 bits per heavy atom. The van der Waals surface area contributed by atoms with Gasteiger partial charge in [-0.25, -0.2) is 0 Å². The molecule has 3 unspecified atom stereocenters. The zero-order valence-corrected chi connectivity index (χ0v) is 75.7. The second-order valence-electron chi connectivity index (χ2n) is 33.0. The molecule has 42 nitrogen and oxygen atoms in total. The maximum atomic E-state index is 15.9. The minimum atomic E-state index is -1.13. The summed E-state index contributed by atoms with van der Waals surface area (Å²) in [5.74, 6) is -13.5. The Morgan fingerprint density at radius 2 is 0.372 bits per heavy atom. The highest BCUT2D eigenvalue weighted by molar-refractivity contribution is 6.18. The highest BCUT2D eigenvalue weighted by Gasteiger charge is 2.37. The average Bonchev–Trinajstić information content (AvgIpc) is 0.743. The number of hydrogen-bond acceptors (Lipinski definition) is 27. The molecule has 0 radical (unpaired) electrons. The number of nitrogens with zero attached hydrogens (tertiary/aromatic N) is 18. The van der Waals surface area contributed by atoms with Gasteiger partial charge in [-0.05, 0) is 113 Å². The monoisotopic (exact) mass is 1810 g/mol. The SMILES string of the molecule is Cc1c(C(=O)N(C)c2cccc(N(C)C(=O)C(C)N3CCN(CC(=O)O)CCN(CC(=O)O)CCN(CC(=O)O)CC3)c2)c(C)c(C(=O)N(C)c2cccc(N(C)C(=O)C(C)N3CCN(CC(=O)O)CCN(CC(=O)O)CCN(CC(=O)O)CC3)c2)c(C)c1C(=O)N(C)c1cccc(N(C)C(=O)C(C)N2CCN(CC(=O)O)CCN(CC(=O)O)CCN(CC(=O)O)CC2)c1. The second-order valence-corrected chi connectivity index (χ2v) is 33.0. The van der Waals surface area contributed by atoms with Crippen LogP contribution in [0.3, 0.4) is 0 Å². The van der Waals surface area contributed by atoms with Gasteiger partial charge in [0.1, 0.15) is 0 Å². The predicted molar refractivity (Wildman–Crippen MR) is 478 cm³/mol. The van der Waals surface area contributed by atoms with Crippen LogP contribution in [0.1, 0.15) is 68.5 Å². The van der Waals surface area contributed by atoms with Crippen LogP contribution in [0.4, 0.5) is 34.1 Å². The van der Waals surface area contributed by atoms with Crippen LogP contribution >= 0.6 is 0 Å². The van der Waals surface area contributed by atoms with E-state index in [-0.39, 0.29) is 266 Å². The maximum Gasteiger partial charge on any atom is 0.317 e. The average molecular weight is 1810 g/mol. The molecule has 4 aromatic rings. The fourth-order valence-corrected chi connectivity index (χ4v) is 16.4. The third-order valence-electron chi connectivity index (χ3n) is 24.2. The van der Waals surface area contributed by atoms with E-state index >= 15 is 14.4 Å². The van der Waals surface area contributed by atoms with Crippen LogP contribution in [-0.4, -0.2) is 470 Å². The maximum absolute atomic E-state index is 15.9. The van der Waals surface area contributed by atoms with E-state index in [1.807, 2.05) is 14.7 Å². The Bertz CT molecular complexity index is 4110. The number of rotatable bonds is 33. The number of benzene rings is 4. The van der Waals surface area contributed by atoms with Gasteiger partial charge in [-0.15, -0.1) is 0 Å². The number of hydrogen-bond donors (Lipinski definition) is 9. The Hall–Kier alpha value is -11.5. The van der Waals surface area contributed by atoms with E-state index in [4.69, 9.17) is 0 Å². The molecule has 0 aliphatic carbocycles. The number of anilines is 6. The largest absolute Gasteiger partial charge is 0.480 e. The second kappa shape index (κ2) is 49.3. The van der Waals surface area contributed by atoms with Crippen molar-refractivity contribution in [3.63, 3.8) is 0 Å². The Morgan fingerprint density at radius 3 is 0.512 bits per heavy atom. The van der Waals surface area contributed by atoms with Gasteiger partial charge in [0.05, 0.1) is 77.0 Å². The van der Waals surface area contributed by atoms with Crippen molar-refractivity contribution in [2.45, 2.75) is 59.7 Å². The van der Waals surface area contributed by atoms with Gasteiger partial charge in [0.15, 0.2) is 0 Å². The normalized spacial score (nSPS) is 17.6. The summed E-state index contributed by atoms with van der Waals surface area (Å²) in [7, 11) is 9.02. The molecule has 3 atom stereocenters. The molecule has 708 valence electrons. The number of carbonyl (C=O) groups excluding carboxylic acids is 6. The van der Waals surface area contributed by atoms with Crippen molar-refractivity contribution in [1.82, 2.24) is 58.8 Å². The molecule has 129 heavy (non-hydrogen) atoms. The van der Waals surface area contributed by atoms with Crippen molar-refractivity contribution >= 4 is 123 Å². The summed E-state index contributed by atoms with van der Waals surface area (Å²) in [6.07, 6.45) is 0. The summed E-state index contributed by atoms with van der Waals surface area (Å²) < 4.78 is 0. The van der Waals surface area contributed by atoms with Crippen molar-refractivity contribution in [3.05, 3.63) is 106 Å². The van der Waals surface area contributed by atoms with Gasteiger partial charge in [-0.1, -0.05) is 18.2 Å². The highest BCUT2D eigenvalue weighted by atomic mass is 16.4. The van der Waals surface area contributed by atoms with Crippen molar-refractivity contribution < 1.29 is 118 Å². The zero-order valence-electron chi connectivity index (χ0n) is 75.7. The fraction of sp³-hybridized carbons (Fsp3) is 0.552. The van der Waals surface area contributed by atoms with Crippen LogP contribution < -0.4 is 29.4 Å². The number of carboxylic acid groups (broad SMARTS) is 9. The molecule has 0 spiro atoms. The van der Waals surface area contributed by atoms with E-state index in [1.165, 1.54) is 71.7 Å². The number of carbonyl (C=O) groups is 15. The summed E-state index contributed by atoms with van der Waals surface area (Å²) in [5.41, 5.74) is 1.89. The van der Waals surface area contributed by atoms with Crippen molar-refractivity contribution in [2.75, 3.05) is 288 Å². The van der Waals surface area contributed by atoms with Crippen LogP contribution in [0.15, 0.2) is 72.8 Å². The minimum Gasteiger partial charge on any atom is -0.480 e. The lowest BCUT2D eigenvalue weighted by Gasteiger charge is -2.36. The summed E-state index contributed by atoms with van der Waals surface area (Å²) in [6, 6.07) is 16.7. The Balaban J connectivity index is 1.26. The summed E-state index contributed by atoms with van der Waals surface area (Å²) in [5, 5.41) is 88.5. The molecule has 7 rings (SSSR count). The van der Waals surface area contributed by atoms with Gasteiger partial charge >= 0.3 is 53.7 Å². The first-order chi connectivity index (χ1) is 60.8. The molecule has 42 heteroatoms. The first-order valence-electron chi connectivity index (χ1n) is 42.6. The highest BCUT2D eigenvalue weighted by Crippen LogP contribution is 2.35. The number of likely N-dealkylation sites (N-methyl/N-ethyl adjacent to an activating group) is 3. The molecule has 3 aliphatic rings. The topological polar surface area (TPSA) is 496 Å². The molecule has 3 fully saturated rings. The molecule has 3 saturated heterocycles. The molecular weight excluding hydrogens is 1680 g/mol. The van der Waals surface area contributed by atoms with Crippen LogP contribution in [0.25, 0.3) is 0 Å². The first-order valence-corrected chi connectivity index (χ1v) is 42.6. The van der Waals surface area contributed by atoms with Crippen LogP contribution in [0.5, 0.6) is 0 Å². The van der Waals surface area contributed by atoms with E-state index in [1.54, 1.807) is 158 Å². The van der Waals surface area contributed by atoms with Crippen LogP contribution in [0, 0.1) is 20.8 Å². The smallest absolute Gasteiger partial charge is 0.317 e. The van der Waals surface area contributed by atoms with Gasteiger partial charge in [0, 0.05) is 250 Å². The fourth-order valence-electron chi connectivity index (χ4n) is 16.4. The summed E-state index contributed by atoms with van der Waals surface area (Å²) >= 11 is 0. The van der Waals surface area contributed by atoms with Gasteiger partial charge in [0.25, 0.3) is 17.7 Å². The number of carboxylic acids is 9. The molecular formula is C87H126N18O24. The lowest BCUT2D eigenvalue weighted by molar-refractivity contribution is -0.140. The van der Waals surface area contributed by atoms with E-state index in [2.05, 4.69) is 0 Å². The summed E-state index contributed by atoms with van der Waals surface area (Å²) in [6.45, 7) is 9.77. The molecule has 9 N–H and O–H groups in total.